The first-order chi connectivity index (χ1) is 16.5. The lowest BCUT2D eigenvalue weighted by atomic mass is 9.85. The number of para-hydroxylation sites is 1. The summed E-state index contributed by atoms with van der Waals surface area (Å²) in [6.45, 7) is 1.26. The van der Waals surface area contributed by atoms with Crippen molar-refractivity contribution in [2.24, 2.45) is 5.41 Å². The van der Waals surface area contributed by atoms with E-state index in [1.807, 2.05) is 4.90 Å². The summed E-state index contributed by atoms with van der Waals surface area (Å²) in [7, 11) is -3.31. The first kappa shape index (κ1) is 25.6. The minimum Gasteiger partial charge on any atom is -0.492 e. The van der Waals surface area contributed by atoms with Crippen molar-refractivity contribution in [2.45, 2.75) is 42.6 Å². The van der Waals surface area contributed by atoms with Crippen molar-refractivity contribution < 1.29 is 33.3 Å². The van der Waals surface area contributed by atoms with E-state index in [4.69, 9.17) is 4.74 Å². The number of β-amino-alcohol motifs (C(OH)–C–C–N with tert-alkyl or cyclic N) is 1. The molecule has 2 aromatic carbocycles. The fraction of sp³-hybridized carbons (Fsp3) is 0.480. The molecule has 4 N–H and O–H groups in total. The zero-order valence-electron chi connectivity index (χ0n) is 19.6. The number of fused-ring (bicyclic) bond motifs is 1. The number of carbonyl (C=O) groups is 1. The number of rotatable bonds is 3. The van der Waals surface area contributed by atoms with E-state index in [-0.39, 0.29) is 30.5 Å². The molecule has 35 heavy (non-hydrogen) atoms. The lowest BCUT2D eigenvalue weighted by Crippen LogP contribution is -2.46. The highest BCUT2D eigenvalue weighted by Gasteiger charge is 2.46. The topological polar surface area (TPSA) is 136 Å². The Morgan fingerprint density at radius 2 is 1.71 bits per heavy atom. The second kappa shape index (κ2) is 10.2. The smallest absolute Gasteiger partial charge is 0.255 e. The van der Waals surface area contributed by atoms with Gasteiger partial charge in [-0.3, -0.25) is 9.69 Å². The van der Waals surface area contributed by atoms with E-state index in [0.717, 1.165) is 11.8 Å². The molecule has 10 heteroatoms. The molecule has 1 heterocycles. The molecule has 0 radical (unpaired) electrons. The number of carbonyl (C=O) groups excluding carboxylic acids is 1. The second-order valence-corrected chi connectivity index (χ2v) is 11.8. The quantitative estimate of drug-likeness (QED) is 0.477. The number of benzene rings is 2. The largest absolute Gasteiger partial charge is 0.492 e. The predicted octanol–water partition coefficient (Wildman–Crippen LogP) is 0.577. The number of sulfone groups is 1. The normalized spacial score (nSPS) is 28.5. The Morgan fingerprint density at radius 3 is 2.37 bits per heavy atom. The molecular formula is C25H32N2O7S. The summed E-state index contributed by atoms with van der Waals surface area (Å²) >= 11 is 0. The van der Waals surface area contributed by atoms with Gasteiger partial charge in [0.15, 0.2) is 9.84 Å². The van der Waals surface area contributed by atoms with Crippen LogP contribution in [-0.2, 0) is 16.4 Å². The minimum atomic E-state index is -3.31. The summed E-state index contributed by atoms with van der Waals surface area (Å²) in [5, 5.41) is 34.2. The van der Waals surface area contributed by atoms with Gasteiger partial charge >= 0.3 is 0 Å². The van der Waals surface area contributed by atoms with Gasteiger partial charge in [-0.2, -0.15) is 0 Å². The van der Waals surface area contributed by atoms with Gasteiger partial charge in [-0.15, -0.1) is 0 Å². The van der Waals surface area contributed by atoms with Gasteiger partial charge < -0.3 is 25.4 Å². The molecule has 2 aliphatic rings. The van der Waals surface area contributed by atoms with Crippen LogP contribution in [0.3, 0.4) is 0 Å². The van der Waals surface area contributed by atoms with E-state index in [2.05, 4.69) is 5.32 Å². The molecule has 190 valence electrons. The van der Waals surface area contributed by atoms with Crippen molar-refractivity contribution in [1.29, 1.82) is 0 Å². The predicted molar refractivity (Wildman–Crippen MR) is 129 cm³/mol. The molecule has 1 aliphatic heterocycles. The van der Waals surface area contributed by atoms with Gasteiger partial charge in [-0.25, -0.2) is 8.42 Å². The highest BCUT2D eigenvalue weighted by atomic mass is 32.2. The number of nitrogens with one attached hydrogen (secondary N) is 1. The van der Waals surface area contributed by atoms with Crippen LogP contribution in [-0.4, -0.2) is 85.4 Å². The number of aliphatic hydroxyl groups is 3. The van der Waals surface area contributed by atoms with E-state index >= 15 is 0 Å². The van der Waals surface area contributed by atoms with Gasteiger partial charge in [0.1, 0.15) is 5.75 Å². The third-order valence-electron chi connectivity index (χ3n) is 6.68. The van der Waals surface area contributed by atoms with Gasteiger partial charge in [0.05, 0.1) is 35.4 Å². The Labute approximate surface area is 205 Å². The number of hydrogen-bond acceptors (Lipinski definition) is 8. The van der Waals surface area contributed by atoms with Gasteiger partial charge in [0, 0.05) is 37.8 Å². The van der Waals surface area contributed by atoms with Crippen LogP contribution in [0.15, 0.2) is 53.4 Å². The average molecular weight is 505 g/mol. The van der Waals surface area contributed by atoms with Gasteiger partial charge in [0.2, 0.25) is 0 Å². The van der Waals surface area contributed by atoms with Crippen LogP contribution in [0, 0.1) is 5.41 Å². The van der Waals surface area contributed by atoms with E-state index in [1.165, 1.54) is 0 Å². The van der Waals surface area contributed by atoms with Crippen molar-refractivity contribution in [3.8, 4) is 5.75 Å². The molecule has 4 rings (SSSR count). The van der Waals surface area contributed by atoms with E-state index in [1.54, 1.807) is 48.5 Å². The number of hydrogen-bond donors (Lipinski definition) is 4. The highest BCUT2D eigenvalue weighted by molar-refractivity contribution is 7.90. The molecule has 0 aromatic heterocycles. The molecule has 1 unspecified atom stereocenters. The summed E-state index contributed by atoms with van der Waals surface area (Å²) < 4.78 is 29.7. The molecule has 1 fully saturated rings. The minimum absolute atomic E-state index is 0.0366. The zero-order chi connectivity index (χ0) is 25.2. The third-order valence-corrected chi connectivity index (χ3v) is 7.81. The highest BCUT2D eigenvalue weighted by Crippen LogP contribution is 2.40. The Morgan fingerprint density at radius 1 is 1.06 bits per heavy atom. The SMILES string of the molecule is CS(=O)(=O)c1ccc(CN2C[C@@H](O)CNC(=O)c3ccccc3OCC3(C[C@@H](O)[C@@H](O)C3)C2)cc1. The van der Waals surface area contributed by atoms with Crippen LogP contribution in [0.2, 0.25) is 0 Å². The first-order valence-electron chi connectivity index (χ1n) is 11.6. The lowest BCUT2D eigenvalue weighted by molar-refractivity contribution is 0.0400. The van der Waals surface area contributed by atoms with Crippen molar-refractivity contribution in [3.05, 3.63) is 59.7 Å². The van der Waals surface area contributed by atoms with Crippen LogP contribution >= 0.6 is 0 Å². The van der Waals surface area contributed by atoms with Crippen LogP contribution in [0.4, 0.5) is 0 Å². The first-order valence-corrected chi connectivity index (χ1v) is 13.5. The van der Waals surface area contributed by atoms with Gasteiger partial charge in [-0.1, -0.05) is 24.3 Å². The molecule has 0 bridgehead atoms. The summed E-state index contributed by atoms with van der Waals surface area (Å²) in [6.07, 6.45) is -0.891. The van der Waals surface area contributed by atoms with E-state index in [0.29, 0.717) is 37.2 Å². The average Bonchev–Trinajstić information content (AvgIpc) is 3.08. The molecule has 0 saturated heterocycles. The molecule has 9 nitrogen and oxygen atoms in total. The Balaban J connectivity index is 1.63. The molecule has 1 spiro atoms. The van der Waals surface area contributed by atoms with Gasteiger partial charge in [-0.05, 0) is 42.7 Å². The molecule has 1 aliphatic carbocycles. The Kier molecular flexibility index (Phi) is 7.48. The molecule has 4 atom stereocenters. The maximum Gasteiger partial charge on any atom is 0.255 e. The Hall–Kier alpha value is -2.50. The standard InChI is InChI=1S/C25H32N2O7S/c1-35(32,33)19-8-6-17(7-9-19)13-27-14-18(28)12-26-24(31)20-4-2-3-5-23(20)34-16-25(15-27)10-21(29)22(30)11-25/h2-9,18,21-22,28-30H,10-16H2,1H3,(H,26,31)/t18-,21-,22+,25?/m0/s1. The van der Waals surface area contributed by atoms with Crippen molar-refractivity contribution in [3.63, 3.8) is 0 Å². The maximum atomic E-state index is 12.7. The monoisotopic (exact) mass is 504 g/mol. The number of nitrogens with zero attached hydrogens (tertiary/aromatic N) is 1. The summed E-state index contributed by atoms with van der Waals surface area (Å²) in [5.41, 5.74) is 0.590. The maximum absolute atomic E-state index is 12.7. The van der Waals surface area contributed by atoms with Crippen LogP contribution in [0.5, 0.6) is 5.75 Å². The number of amides is 1. The fourth-order valence-electron chi connectivity index (χ4n) is 4.97. The van der Waals surface area contributed by atoms with Crippen molar-refractivity contribution in [2.75, 3.05) is 32.5 Å². The third kappa shape index (κ3) is 6.20. The number of ether oxygens (including phenoxy) is 1. The molecule has 1 saturated carbocycles. The lowest BCUT2D eigenvalue weighted by Gasteiger charge is -2.37. The van der Waals surface area contributed by atoms with Gasteiger partial charge in [0.25, 0.3) is 5.91 Å². The summed E-state index contributed by atoms with van der Waals surface area (Å²) in [5.74, 6) is 0.0434. The fourth-order valence-corrected chi connectivity index (χ4v) is 5.60. The number of aliphatic hydroxyl groups excluding tert-OH is 3. The van der Waals surface area contributed by atoms with E-state index in [9.17, 15) is 28.5 Å². The zero-order valence-corrected chi connectivity index (χ0v) is 20.4. The van der Waals surface area contributed by atoms with Crippen LogP contribution in [0.1, 0.15) is 28.8 Å². The van der Waals surface area contributed by atoms with E-state index < -0.39 is 33.6 Å². The molecule has 2 aromatic rings. The van der Waals surface area contributed by atoms with Crippen LogP contribution in [0.25, 0.3) is 0 Å². The summed E-state index contributed by atoms with van der Waals surface area (Å²) in [4.78, 5) is 14.9. The summed E-state index contributed by atoms with van der Waals surface area (Å²) in [6, 6.07) is 13.4. The Bertz CT molecular complexity index is 1140. The second-order valence-electron chi connectivity index (χ2n) is 9.78. The van der Waals surface area contributed by atoms with Crippen molar-refractivity contribution in [1.82, 2.24) is 10.2 Å². The molecule has 1 amide bonds. The van der Waals surface area contributed by atoms with Crippen LogP contribution < -0.4 is 10.1 Å². The van der Waals surface area contributed by atoms with Crippen molar-refractivity contribution >= 4 is 15.7 Å². The molecular weight excluding hydrogens is 472 g/mol.